The summed E-state index contributed by atoms with van der Waals surface area (Å²) in [5.74, 6) is 0. The summed E-state index contributed by atoms with van der Waals surface area (Å²) in [6, 6.07) is 8.45. The van der Waals surface area contributed by atoms with Gasteiger partial charge in [0.25, 0.3) is 0 Å². The van der Waals surface area contributed by atoms with E-state index in [9.17, 15) is 0 Å². The van der Waals surface area contributed by atoms with E-state index < -0.39 is 0 Å². The number of nitrogens with one attached hydrogen (secondary N) is 1. The summed E-state index contributed by atoms with van der Waals surface area (Å²) in [5, 5.41) is 1.31. The molecule has 0 aliphatic carbocycles. The van der Waals surface area contributed by atoms with Gasteiger partial charge in [-0.2, -0.15) is 0 Å². The van der Waals surface area contributed by atoms with E-state index in [1.54, 1.807) is 0 Å². The lowest BCUT2D eigenvalue weighted by molar-refractivity contribution is -0.0184. The van der Waals surface area contributed by atoms with Crippen molar-refractivity contribution in [3.05, 3.63) is 36.0 Å². The molecule has 0 amide bonds. The van der Waals surface area contributed by atoms with Crippen LogP contribution in [0.3, 0.4) is 0 Å². The first kappa shape index (κ1) is 22.2. The first-order chi connectivity index (χ1) is 14.4. The number of fused-ring (bicyclic) bond motifs is 1. The second kappa shape index (κ2) is 13.7. The summed E-state index contributed by atoms with van der Waals surface area (Å²) in [6.07, 6.45) is 3.12. The van der Waals surface area contributed by atoms with E-state index in [0.717, 1.165) is 26.1 Å². The molecule has 1 fully saturated rings. The maximum absolute atomic E-state index is 5.74. The van der Waals surface area contributed by atoms with Gasteiger partial charge >= 0.3 is 0 Å². The van der Waals surface area contributed by atoms with Crippen LogP contribution in [0, 0.1) is 0 Å². The Bertz CT molecular complexity index is 660. The van der Waals surface area contributed by atoms with E-state index in [1.807, 2.05) is 0 Å². The third kappa shape index (κ3) is 8.42. The minimum atomic E-state index is 0.585. The van der Waals surface area contributed by atoms with Crippen LogP contribution in [0.4, 0.5) is 0 Å². The van der Waals surface area contributed by atoms with Gasteiger partial charge in [0.2, 0.25) is 0 Å². The maximum atomic E-state index is 5.74. The third-order valence-electron chi connectivity index (χ3n) is 4.96. The van der Waals surface area contributed by atoms with Crippen LogP contribution < -0.4 is 0 Å². The van der Waals surface area contributed by atoms with Crippen LogP contribution in [0.2, 0.25) is 0 Å². The minimum absolute atomic E-state index is 0.585. The number of para-hydroxylation sites is 1. The standard InChI is InChI=1S/C22H34N2O5/c1-2-4-22-21(3-1)20(19-23-22)5-6-24-7-9-25-11-13-27-15-17-29-18-16-28-14-12-26-10-8-24/h1-4,19,23H,5-18H2. The van der Waals surface area contributed by atoms with Gasteiger partial charge in [-0.05, 0) is 18.1 Å². The molecule has 29 heavy (non-hydrogen) atoms. The van der Waals surface area contributed by atoms with Crippen LogP contribution in [0.15, 0.2) is 30.5 Å². The molecule has 0 unspecified atom stereocenters. The fraction of sp³-hybridized carbons (Fsp3) is 0.636. The topological polar surface area (TPSA) is 65.2 Å². The van der Waals surface area contributed by atoms with Gasteiger partial charge in [0.1, 0.15) is 0 Å². The molecule has 0 radical (unpaired) electrons. The molecule has 1 aliphatic heterocycles. The molecule has 0 spiro atoms. The maximum Gasteiger partial charge on any atom is 0.0701 e. The molecule has 0 saturated carbocycles. The molecular weight excluding hydrogens is 372 g/mol. The smallest absolute Gasteiger partial charge is 0.0701 e. The highest BCUT2D eigenvalue weighted by Gasteiger charge is 2.09. The average Bonchev–Trinajstić information content (AvgIpc) is 3.16. The lowest BCUT2D eigenvalue weighted by Crippen LogP contribution is -2.33. The highest BCUT2D eigenvalue weighted by atomic mass is 16.6. The zero-order chi connectivity index (χ0) is 20.0. The van der Waals surface area contributed by atoms with Crippen LogP contribution >= 0.6 is 0 Å². The highest BCUT2D eigenvalue weighted by Crippen LogP contribution is 2.18. The Morgan fingerprint density at radius 1 is 0.690 bits per heavy atom. The summed E-state index contributed by atoms with van der Waals surface area (Å²) < 4.78 is 28.0. The van der Waals surface area contributed by atoms with E-state index in [4.69, 9.17) is 23.7 Å². The Kier molecular flexibility index (Phi) is 10.5. The Morgan fingerprint density at radius 3 is 1.79 bits per heavy atom. The molecule has 0 atom stereocenters. The van der Waals surface area contributed by atoms with Crippen molar-refractivity contribution in [1.29, 1.82) is 0 Å². The minimum Gasteiger partial charge on any atom is -0.378 e. The second-order valence-corrected chi connectivity index (χ2v) is 7.01. The van der Waals surface area contributed by atoms with Crippen molar-refractivity contribution in [3.63, 3.8) is 0 Å². The Hall–Kier alpha value is -1.48. The fourth-order valence-electron chi connectivity index (χ4n) is 3.32. The quantitative estimate of drug-likeness (QED) is 0.842. The zero-order valence-corrected chi connectivity index (χ0v) is 17.3. The summed E-state index contributed by atoms with van der Waals surface area (Å²) in [7, 11) is 0. The van der Waals surface area contributed by atoms with Crippen LogP contribution in [-0.4, -0.2) is 95.6 Å². The normalized spacial score (nSPS) is 20.3. The Morgan fingerprint density at radius 2 is 1.21 bits per heavy atom. The molecule has 1 aliphatic rings. The number of H-pyrrole nitrogens is 1. The van der Waals surface area contributed by atoms with E-state index in [1.165, 1.54) is 16.5 Å². The summed E-state index contributed by atoms with van der Waals surface area (Å²) in [5.41, 5.74) is 2.55. The lowest BCUT2D eigenvalue weighted by atomic mass is 10.1. The average molecular weight is 407 g/mol. The summed E-state index contributed by atoms with van der Waals surface area (Å²) in [6.45, 7) is 8.86. The largest absolute Gasteiger partial charge is 0.378 e. The number of hydrogen-bond donors (Lipinski definition) is 1. The molecule has 3 rings (SSSR count). The second-order valence-electron chi connectivity index (χ2n) is 7.01. The van der Waals surface area contributed by atoms with Crippen LogP contribution in [0.25, 0.3) is 10.9 Å². The molecule has 7 nitrogen and oxygen atoms in total. The predicted octanol–water partition coefficient (Wildman–Crippen LogP) is 2.11. The number of aromatic amines is 1. The monoisotopic (exact) mass is 406 g/mol. The Balaban J connectivity index is 1.45. The van der Waals surface area contributed by atoms with E-state index in [0.29, 0.717) is 66.1 Å². The third-order valence-corrected chi connectivity index (χ3v) is 4.96. The van der Waals surface area contributed by atoms with Gasteiger partial charge in [-0.15, -0.1) is 0 Å². The molecule has 2 aromatic rings. The molecule has 1 N–H and O–H groups in total. The number of benzene rings is 1. The molecule has 2 heterocycles. The van der Waals surface area contributed by atoms with Crippen LogP contribution in [-0.2, 0) is 30.1 Å². The van der Waals surface area contributed by atoms with Gasteiger partial charge < -0.3 is 28.7 Å². The van der Waals surface area contributed by atoms with Crippen molar-refractivity contribution in [1.82, 2.24) is 9.88 Å². The molecule has 7 heteroatoms. The number of rotatable bonds is 3. The van der Waals surface area contributed by atoms with Crippen LogP contribution in [0.1, 0.15) is 5.56 Å². The fourth-order valence-corrected chi connectivity index (χ4v) is 3.32. The van der Waals surface area contributed by atoms with E-state index in [-0.39, 0.29) is 0 Å². The molecule has 1 aromatic carbocycles. The van der Waals surface area contributed by atoms with Gasteiger partial charge in [-0.3, -0.25) is 4.90 Å². The highest BCUT2D eigenvalue weighted by molar-refractivity contribution is 5.83. The molecular formula is C22H34N2O5. The number of ether oxygens (including phenoxy) is 5. The van der Waals surface area contributed by atoms with Gasteiger partial charge in [0.15, 0.2) is 0 Å². The van der Waals surface area contributed by atoms with E-state index in [2.05, 4.69) is 40.3 Å². The van der Waals surface area contributed by atoms with Gasteiger partial charge in [-0.25, -0.2) is 0 Å². The van der Waals surface area contributed by atoms with Crippen molar-refractivity contribution in [3.8, 4) is 0 Å². The number of nitrogens with zero attached hydrogens (tertiary/aromatic N) is 1. The van der Waals surface area contributed by atoms with Crippen molar-refractivity contribution in [2.75, 3.05) is 85.7 Å². The molecule has 162 valence electrons. The molecule has 1 saturated heterocycles. The van der Waals surface area contributed by atoms with Gasteiger partial charge in [-0.1, -0.05) is 18.2 Å². The van der Waals surface area contributed by atoms with Crippen molar-refractivity contribution in [2.45, 2.75) is 6.42 Å². The van der Waals surface area contributed by atoms with Crippen molar-refractivity contribution in [2.24, 2.45) is 0 Å². The lowest BCUT2D eigenvalue weighted by Gasteiger charge is -2.22. The van der Waals surface area contributed by atoms with Crippen molar-refractivity contribution >= 4 is 10.9 Å². The Labute approximate surface area is 173 Å². The predicted molar refractivity (Wildman–Crippen MR) is 113 cm³/mol. The molecule has 1 aromatic heterocycles. The number of aromatic nitrogens is 1. The zero-order valence-electron chi connectivity index (χ0n) is 17.3. The molecule has 0 bridgehead atoms. The van der Waals surface area contributed by atoms with Crippen molar-refractivity contribution < 1.29 is 23.7 Å². The van der Waals surface area contributed by atoms with Crippen LogP contribution in [0.5, 0.6) is 0 Å². The first-order valence-electron chi connectivity index (χ1n) is 10.6. The van der Waals surface area contributed by atoms with Gasteiger partial charge in [0.05, 0.1) is 66.1 Å². The first-order valence-corrected chi connectivity index (χ1v) is 10.6. The summed E-state index contributed by atoms with van der Waals surface area (Å²) in [4.78, 5) is 5.76. The van der Waals surface area contributed by atoms with E-state index >= 15 is 0 Å². The number of hydrogen-bond acceptors (Lipinski definition) is 6. The van der Waals surface area contributed by atoms with Gasteiger partial charge in [0, 0.05) is 36.7 Å². The SMILES string of the molecule is c1ccc2c(CCN3CCOCCOCCOCCOCCOCC3)c[nH]c2c1. The summed E-state index contributed by atoms with van der Waals surface area (Å²) >= 11 is 0.